The van der Waals surface area contributed by atoms with Gasteiger partial charge in [0.15, 0.2) is 0 Å². The lowest BCUT2D eigenvalue weighted by molar-refractivity contribution is -0.133. The van der Waals surface area contributed by atoms with E-state index in [1.54, 1.807) is 0 Å². The molecule has 1 aromatic rings. The number of benzene rings is 1. The summed E-state index contributed by atoms with van der Waals surface area (Å²) < 4.78 is 5.74. The number of anilines is 2. The van der Waals surface area contributed by atoms with Crippen LogP contribution in [0.4, 0.5) is 11.4 Å². The van der Waals surface area contributed by atoms with E-state index in [9.17, 15) is 9.59 Å². The summed E-state index contributed by atoms with van der Waals surface area (Å²) in [5.74, 6) is 0.390. The predicted molar refractivity (Wildman–Crippen MR) is 107 cm³/mol. The molecule has 0 spiro atoms. The van der Waals surface area contributed by atoms with Crippen LogP contribution >= 0.6 is 0 Å². The maximum absolute atomic E-state index is 12.5. The molecule has 27 heavy (non-hydrogen) atoms. The highest BCUT2D eigenvalue weighted by atomic mass is 16.5. The van der Waals surface area contributed by atoms with E-state index in [-0.39, 0.29) is 23.8 Å². The van der Waals surface area contributed by atoms with Gasteiger partial charge < -0.3 is 19.9 Å². The molecule has 0 radical (unpaired) electrons. The van der Waals surface area contributed by atoms with Crippen molar-refractivity contribution in [3.05, 3.63) is 23.8 Å². The summed E-state index contributed by atoms with van der Waals surface area (Å²) in [4.78, 5) is 28.6. The molecule has 148 valence electrons. The van der Waals surface area contributed by atoms with Gasteiger partial charge in [-0.25, -0.2) is 0 Å². The standard InChI is InChI=1S/C21H31N3O3/c1-4-20(25)24(14-18-6-5-11-27-18)13-16-12-17(9-10-19(16)23(2)3)22-21(26)15-7-8-15/h9-10,12,15,18H,4-8,11,13-14H2,1-3H3,(H,22,26)/t18-/m0/s1. The zero-order valence-electron chi connectivity index (χ0n) is 16.7. The average molecular weight is 373 g/mol. The monoisotopic (exact) mass is 373 g/mol. The molecule has 0 bridgehead atoms. The van der Waals surface area contributed by atoms with Gasteiger partial charge in [-0.2, -0.15) is 0 Å². The first-order valence-corrected chi connectivity index (χ1v) is 9.98. The van der Waals surface area contributed by atoms with E-state index >= 15 is 0 Å². The number of carbonyl (C=O) groups is 2. The van der Waals surface area contributed by atoms with Crippen molar-refractivity contribution in [2.75, 3.05) is 37.5 Å². The highest BCUT2D eigenvalue weighted by Crippen LogP contribution is 2.31. The number of nitrogens with one attached hydrogen (secondary N) is 1. The van der Waals surface area contributed by atoms with Crippen LogP contribution in [0.15, 0.2) is 18.2 Å². The molecule has 6 nitrogen and oxygen atoms in total. The third-order valence-electron chi connectivity index (χ3n) is 5.24. The first kappa shape index (κ1) is 19.7. The molecule has 1 aliphatic heterocycles. The second-order valence-corrected chi connectivity index (χ2v) is 7.76. The predicted octanol–water partition coefficient (Wildman–Crippen LogP) is 3.02. The summed E-state index contributed by atoms with van der Waals surface area (Å²) in [6.07, 6.45) is 4.63. The number of rotatable bonds is 8. The van der Waals surface area contributed by atoms with Crippen LogP contribution in [0.3, 0.4) is 0 Å². The molecule has 3 rings (SSSR count). The van der Waals surface area contributed by atoms with Gasteiger partial charge >= 0.3 is 0 Å². The maximum Gasteiger partial charge on any atom is 0.227 e. The van der Waals surface area contributed by atoms with Crippen molar-refractivity contribution in [2.45, 2.75) is 51.7 Å². The number of nitrogens with zero attached hydrogens (tertiary/aromatic N) is 2. The number of carbonyl (C=O) groups excluding carboxylic acids is 2. The Labute approximate surface area is 161 Å². The molecular formula is C21H31N3O3. The molecule has 2 aliphatic rings. The van der Waals surface area contributed by atoms with Crippen molar-refractivity contribution in [3.63, 3.8) is 0 Å². The Morgan fingerprint density at radius 2 is 2.00 bits per heavy atom. The highest BCUT2D eigenvalue weighted by Gasteiger charge is 2.30. The van der Waals surface area contributed by atoms with Crippen LogP contribution < -0.4 is 10.2 Å². The second-order valence-electron chi connectivity index (χ2n) is 7.76. The van der Waals surface area contributed by atoms with E-state index in [0.717, 1.165) is 49.2 Å². The van der Waals surface area contributed by atoms with Crippen LogP contribution in [0.25, 0.3) is 0 Å². The summed E-state index contributed by atoms with van der Waals surface area (Å²) in [5.41, 5.74) is 2.89. The molecule has 1 saturated heterocycles. The fourth-order valence-corrected chi connectivity index (χ4v) is 3.53. The minimum atomic E-state index is 0.0967. The normalized spacial score (nSPS) is 19.0. The highest BCUT2D eigenvalue weighted by molar-refractivity contribution is 5.94. The Bertz CT molecular complexity index is 679. The Balaban J connectivity index is 1.79. The van der Waals surface area contributed by atoms with Gasteiger partial charge in [-0.1, -0.05) is 6.92 Å². The minimum Gasteiger partial charge on any atom is -0.377 e. The van der Waals surface area contributed by atoms with E-state index < -0.39 is 0 Å². The zero-order valence-corrected chi connectivity index (χ0v) is 16.7. The number of amides is 2. The molecule has 6 heteroatoms. The summed E-state index contributed by atoms with van der Waals surface area (Å²) in [5, 5.41) is 3.01. The molecule has 0 aromatic heterocycles. The van der Waals surface area contributed by atoms with E-state index in [4.69, 9.17) is 4.74 Å². The smallest absolute Gasteiger partial charge is 0.227 e. The van der Waals surface area contributed by atoms with Crippen LogP contribution in [-0.4, -0.2) is 50.1 Å². The topological polar surface area (TPSA) is 61.9 Å². The summed E-state index contributed by atoms with van der Waals surface area (Å²) in [6.45, 7) is 3.82. The quantitative estimate of drug-likeness (QED) is 0.761. The van der Waals surface area contributed by atoms with Crippen molar-refractivity contribution in [1.29, 1.82) is 0 Å². The number of ether oxygens (including phenoxy) is 1. The second kappa shape index (κ2) is 8.74. The van der Waals surface area contributed by atoms with Gasteiger partial charge in [0, 0.05) is 57.5 Å². The molecule has 1 atom stereocenters. The van der Waals surface area contributed by atoms with Crippen molar-refractivity contribution in [1.82, 2.24) is 4.90 Å². The molecule has 1 saturated carbocycles. The van der Waals surface area contributed by atoms with E-state index in [1.165, 1.54) is 0 Å². The Hall–Kier alpha value is -2.08. The van der Waals surface area contributed by atoms with Gasteiger partial charge in [-0.15, -0.1) is 0 Å². The number of hydrogen-bond acceptors (Lipinski definition) is 4. The Morgan fingerprint density at radius 1 is 1.22 bits per heavy atom. The molecule has 1 aliphatic carbocycles. The van der Waals surface area contributed by atoms with Crippen molar-refractivity contribution < 1.29 is 14.3 Å². The molecule has 1 aromatic carbocycles. The third-order valence-corrected chi connectivity index (χ3v) is 5.24. The lowest BCUT2D eigenvalue weighted by Crippen LogP contribution is -2.36. The van der Waals surface area contributed by atoms with Crippen molar-refractivity contribution in [3.8, 4) is 0 Å². The molecule has 2 amide bonds. The van der Waals surface area contributed by atoms with Gasteiger partial charge in [0.1, 0.15) is 0 Å². The number of hydrogen-bond donors (Lipinski definition) is 1. The third kappa shape index (κ3) is 5.22. The first-order valence-electron chi connectivity index (χ1n) is 9.98. The van der Waals surface area contributed by atoms with E-state index in [0.29, 0.717) is 19.5 Å². The van der Waals surface area contributed by atoms with Gasteiger partial charge in [-0.05, 0) is 49.4 Å². The fourth-order valence-electron chi connectivity index (χ4n) is 3.53. The van der Waals surface area contributed by atoms with E-state index in [2.05, 4.69) is 5.32 Å². The van der Waals surface area contributed by atoms with Gasteiger partial charge in [0.2, 0.25) is 11.8 Å². The fraction of sp³-hybridized carbons (Fsp3) is 0.619. The Morgan fingerprint density at radius 3 is 2.59 bits per heavy atom. The zero-order chi connectivity index (χ0) is 19.4. The molecular weight excluding hydrogens is 342 g/mol. The van der Waals surface area contributed by atoms with Gasteiger partial charge in [-0.3, -0.25) is 9.59 Å². The summed E-state index contributed by atoms with van der Waals surface area (Å²) in [6, 6.07) is 5.95. The van der Waals surface area contributed by atoms with Crippen LogP contribution in [0.5, 0.6) is 0 Å². The van der Waals surface area contributed by atoms with Crippen molar-refractivity contribution in [2.24, 2.45) is 5.92 Å². The van der Waals surface area contributed by atoms with Crippen LogP contribution in [0.1, 0.15) is 44.6 Å². The average Bonchev–Trinajstić information content (AvgIpc) is 3.38. The van der Waals surface area contributed by atoms with Crippen LogP contribution in [0, 0.1) is 5.92 Å². The Kier molecular flexibility index (Phi) is 6.37. The van der Waals surface area contributed by atoms with Crippen molar-refractivity contribution >= 4 is 23.2 Å². The largest absolute Gasteiger partial charge is 0.377 e. The lowest BCUT2D eigenvalue weighted by atomic mass is 10.1. The maximum atomic E-state index is 12.5. The molecule has 2 fully saturated rings. The molecule has 1 heterocycles. The first-order chi connectivity index (χ1) is 13.0. The SMILES string of the molecule is CCC(=O)N(Cc1cc(NC(=O)C2CC2)ccc1N(C)C)C[C@@H]1CCCO1. The lowest BCUT2D eigenvalue weighted by Gasteiger charge is -2.28. The molecule has 1 N–H and O–H groups in total. The molecule has 0 unspecified atom stereocenters. The van der Waals surface area contributed by atoms with Crippen LogP contribution in [0.2, 0.25) is 0 Å². The van der Waals surface area contributed by atoms with Crippen LogP contribution in [-0.2, 0) is 20.9 Å². The minimum absolute atomic E-state index is 0.0967. The van der Waals surface area contributed by atoms with Gasteiger partial charge in [0.05, 0.1) is 6.10 Å². The summed E-state index contributed by atoms with van der Waals surface area (Å²) in [7, 11) is 3.99. The van der Waals surface area contributed by atoms with E-state index in [1.807, 2.05) is 49.0 Å². The van der Waals surface area contributed by atoms with Gasteiger partial charge in [0.25, 0.3) is 0 Å². The summed E-state index contributed by atoms with van der Waals surface area (Å²) >= 11 is 0.